The van der Waals surface area contributed by atoms with Crippen molar-refractivity contribution in [1.29, 1.82) is 0 Å². The molecule has 0 bridgehead atoms. The van der Waals surface area contributed by atoms with Gasteiger partial charge in [0.05, 0.1) is 17.5 Å². The summed E-state index contributed by atoms with van der Waals surface area (Å²) in [4.78, 5) is 12.3. The summed E-state index contributed by atoms with van der Waals surface area (Å²) >= 11 is 0. The molecule has 146 valence electrons. The highest BCUT2D eigenvalue weighted by Crippen LogP contribution is 2.20. The number of nitrogens with zero attached hydrogens (tertiary/aromatic N) is 2. The summed E-state index contributed by atoms with van der Waals surface area (Å²) in [7, 11) is 0. The Hall–Kier alpha value is -2.34. The number of rotatable bonds is 8. The van der Waals surface area contributed by atoms with Crippen LogP contribution in [-0.2, 0) is 30.8 Å². The predicted molar refractivity (Wildman–Crippen MR) is 106 cm³/mol. The third-order valence-corrected chi connectivity index (χ3v) is 4.90. The molecule has 3 rings (SSSR count). The van der Waals surface area contributed by atoms with Gasteiger partial charge in [0.1, 0.15) is 5.75 Å². The quantitative estimate of drug-likeness (QED) is 0.750. The van der Waals surface area contributed by atoms with E-state index in [1.165, 1.54) is 5.69 Å². The highest BCUT2D eigenvalue weighted by molar-refractivity contribution is 5.76. The SMILES string of the molecule is CCC(C)Oc1ccccc1CNC(=O)CCc1cc2n(n1)CCCNC2. The summed E-state index contributed by atoms with van der Waals surface area (Å²) in [5.74, 6) is 0.882. The van der Waals surface area contributed by atoms with Gasteiger partial charge in [-0.25, -0.2) is 0 Å². The number of nitrogens with one attached hydrogen (secondary N) is 2. The summed E-state index contributed by atoms with van der Waals surface area (Å²) in [6.45, 7) is 7.46. The molecule has 0 saturated carbocycles. The lowest BCUT2D eigenvalue weighted by Crippen LogP contribution is -2.23. The second-order valence-corrected chi connectivity index (χ2v) is 7.10. The van der Waals surface area contributed by atoms with E-state index in [0.717, 1.165) is 49.5 Å². The zero-order valence-corrected chi connectivity index (χ0v) is 16.3. The summed E-state index contributed by atoms with van der Waals surface area (Å²) in [6, 6.07) is 10.00. The lowest BCUT2D eigenvalue weighted by Gasteiger charge is -2.16. The fraction of sp³-hybridized carbons (Fsp3) is 0.524. The summed E-state index contributed by atoms with van der Waals surface area (Å²) in [6.07, 6.45) is 3.31. The molecule has 0 spiro atoms. The van der Waals surface area contributed by atoms with E-state index in [9.17, 15) is 4.79 Å². The van der Waals surface area contributed by atoms with Crippen LogP contribution >= 0.6 is 0 Å². The molecular formula is C21H30N4O2. The Bertz CT molecular complexity index is 733. The maximum atomic E-state index is 12.3. The van der Waals surface area contributed by atoms with E-state index < -0.39 is 0 Å². The van der Waals surface area contributed by atoms with Gasteiger partial charge in [-0.2, -0.15) is 5.10 Å². The maximum absolute atomic E-state index is 12.3. The largest absolute Gasteiger partial charge is 0.490 e. The van der Waals surface area contributed by atoms with Crippen LogP contribution in [-0.4, -0.2) is 28.3 Å². The number of benzene rings is 1. The van der Waals surface area contributed by atoms with Crippen molar-refractivity contribution in [3.8, 4) is 5.75 Å². The maximum Gasteiger partial charge on any atom is 0.220 e. The van der Waals surface area contributed by atoms with Crippen LogP contribution in [0.3, 0.4) is 0 Å². The van der Waals surface area contributed by atoms with E-state index in [2.05, 4.69) is 40.3 Å². The molecule has 0 saturated heterocycles. The Morgan fingerprint density at radius 3 is 3.11 bits per heavy atom. The molecule has 0 aliphatic carbocycles. The molecule has 1 aromatic heterocycles. The van der Waals surface area contributed by atoms with Crippen molar-refractivity contribution >= 4 is 5.91 Å². The first-order valence-corrected chi connectivity index (χ1v) is 9.93. The molecule has 2 aromatic rings. The lowest BCUT2D eigenvalue weighted by atomic mass is 10.1. The first-order valence-electron chi connectivity index (χ1n) is 9.93. The van der Waals surface area contributed by atoms with Gasteiger partial charge in [0.25, 0.3) is 0 Å². The van der Waals surface area contributed by atoms with Crippen LogP contribution in [0, 0.1) is 0 Å². The van der Waals surface area contributed by atoms with Crippen LogP contribution < -0.4 is 15.4 Å². The van der Waals surface area contributed by atoms with E-state index in [-0.39, 0.29) is 12.0 Å². The van der Waals surface area contributed by atoms with Gasteiger partial charge in [-0.3, -0.25) is 9.48 Å². The Labute approximate surface area is 161 Å². The van der Waals surface area contributed by atoms with Crippen molar-refractivity contribution in [1.82, 2.24) is 20.4 Å². The second-order valence-electron chi connectivity index (χ2n) is 7.10. The van der Waals surface area contributed by atoms with E-state index in [0.29, 0.717) is 19.4 Å². The minimum atomic E-state index is 0.0367. The standard InChI is InChI=1S/C21H30N4O2/c1-3-16(2)27-20-8-5-4-7-17(20)14-23-21(26)10-9-18-13-19-15-22-11-6-12-25(19)24-18/h4-5,7-8,13,16,22H,3,6,9-12,14-15H2,1-2H3,(H,23,26). The number of fused-ring (bicyclic) bond motifs is 1. The van der Waals surface area contributed by atoms with Gasteiger partial charge in [-0.15, -0.1) is 0 Å². The highest BCUT2D eigenvalue weighted by Gasteiger charge is 2.12. The molecule has 1 aliphatic rings. The molecule has 1 amide bonds. The number of amides is 1. The van der Waals surface area contributed by atoms with Crippen LogP contribution in [0.1, 0.15) is 50.1 Å². The first-order chi connectivity index (χ1) is 13.2. The number of carbonyl (C=O) groups excluding carboxylic acids is 1. The molecular weight excluding hydrogens is 340 g/mol. The zero-order chi connectivity index (χ0) is 19.1. The molecule has 1 unspecified atom stereocenters. The fourth-order valence-electron chi connectivity index (χ4n) is 3.13. The first kappa shape index (κ1) is 19.4. The van der Waals surface area contributed by atoms with Crippen LogP contribution in [0.15, 0.2) is 30.3 Å². The van der Waals surface area contributed by atoms with E-state index in [4.69, 9.17) is 4.74 Å². The van der Waals surface area contributed by atoms with Crippen molar-refractivity contribution in [2.45, 2.75) is 65.3 Å². The normalized spacial score (nSPS) is 14.9. The lowest BCUT2D eigenvalue weighted by molar-refractivity contribution is -0.121. The fourth-order valence-corrected chi connectivity index (χ4v) is 3.13. The zero-order valence-electron chi connectivity index (χ0n) is 16.3. The van der Waals surface area contributed by atoms with Gasteiger partial charge in [0.15, 0.2) is 0 Å². The van der Waals surface area contributed by atoms with Gasteiger partial charge in [-0.05, 0) is 38.4 Å². The van der Waals surface area contributed by atoms with Gasteiger partial charge in [-0.1, -0.05) is 25.1 Å². The Morgan fingerprint density at radius 2 is 2.26 bits per heavy atom. The Kier molecular flexibility index (Phi) is 6.87. The number of para-hydroxylation sites is 1. The molecule has 6 heteroatoms. The molecule has 6 nitrogen and oxygen atoms in total. The van der Waals surface area contributed by atoms with Crippen molar-refractivity contribution in [2.24, 2.45) is 0 Å². The summed E-state index contributed by atoms with van der Waals surface area (Å²) < 4.78 is 8.01. The van der Waals surface area contributed by atoms with Gasteiger partial charge in [0, 0.05) is 38.0 Å². The molecule has 2 heterocycles. The number of carbonyl (C=O) groups is 1. The highest BCUT2D eigenvalue weighted by atomic mass is 16.5. The van der Waals surface area contributed by atoms with E-state index in [1.807, 2.05) is 24.3 Å². The second kappa shape index (κ2) is 9.55. The van der Waals surface area contributed by atoms with Gasteiger partial charge < -0.3 is 15.4 Å². The average Bonchev–Trinajstić information content (AvgIpc) is 2.94. The van der Waals surface area contributed by atoms with Crippen molar-refractivity contribution in [2.75, 3.05) is 6.54 Å². The molecule has 1 aromatic carbocycles. The molecule has 1 aliphatic heterocycles. The van der Waals surface area contributed by atoms with Crippen molar-refractivity contribution in [3.05, 3.63) is 47.3 Å². The monoisotopic (exact) mass is 370 g/mol. The number of aryl methyl sites for hydroxylation is 2. The average molecular weight is 370 g/mol. The van der Waals surface area contributed by atoms with Crippen molar-refractivity contribution < 1.29 is 9.53 Å². The molecule has 0 radical (unpaired) electrons. The third-order valence-electron chi connectivity index (χ3n) is 4.90. The summed E-state index contributed by atoms with van der Waals surface area (Å²) in [5, 5.41) is 11.0. The minimum absolute atomic E-state index is 0.0367. The number of hydrogen-bond donors (Lipinski definition) is 2. The minimum Gasteiger partial charge on any atom is -0.490 e. The summed E-state index contributed by atoms with van der Waals surface area (Å²) in [5.41, 5.74) is 3.20. The van der Waals surface area contributed by atoms with Crippen LogP contribution in [0.5, 0.6) is 5.75 Å². The molecule has 1 atom stereocenters. The van der Waals surface area contributed by atoms with Crippen molar-refractivity contribution in [3.63, 3.8) is 0 Å². The number of aromatic nitrogens is 2. The van der Waals surface area contributed by atoms with Crippen LogP contribution in [0.25, 0.3) is 0 Å². The van der Waals surface area contributed by atoms with Crippen LogP contribution in [0.4, 0.5) is 0 Å². The number of hydrogen-bond acceptors (Lipinski definition) is 4. The predicted octanol–water partition coefficient (Wildman–Crippen LogP) is 2.80. The number of ether oxygens (including phenoxy) is 1. The van der Waals surface area contributed by atoms with E-state index in [1.54, 1.807) is 0 Å². The smallest absolute Gasteiger partial charge is 0.220 e. The van der Waals surface area contributed by atoms with Gasteiger partial charge >= 0.3 is 0 Å². The molecule has 2 N–H and O–H groups in total. The molecule has 0 fully saturated rings. The van der Waals surface area contributed by atoms with Gasteiger partial charge in [0.2, 0.25) is 5.91 Å². The van der Waals surface area contributed by atoms with E-state index >= 15 is 0 Å². The Morgan fingerprint density at radius 1 is 1.41 bits per heavy atom. The third kappa shape index (κ3) is 5.57. The van der Waals surface area contributed by atoms with Crippen LogP contribution in [0.2, 0.25) is 0 Å². The topological polar surface area (TPSA) is 68.2 Å². The Balaban J connectivity index is 1.49. The molecule has 27 heavy (non-hydrogen) atoms.